The van der Waals surface area contributed by atoms with Crippen LogP contribution < -0.4 is 4.90 Å². The minimum atomic E-state index is -3.73. The number of hydrogen-bond donors (Lipinski definition) is 0. The van der Waals surface area contributed by atoms with Crippen LogP contribution in [0.25, 0.3) is 0 Å². The summed E-state index contributed by atoms with van der Waals surface area (Å²) < 4.78 is 29.0. The molecule has 1 amide bonds. The summed E-state index contributed by atoms with van der Waals surface area (Å²) in [6, 6.07) is 24.5. The molecule has 2 aliphatic rings. The van der Waals surface area contributed by atoms with E-state index in [2.05, 4.69) is 0 Å². The van der Waals surface area contributed by atoms with Gasteiger partial charge in [-0.15, -0.1) is 0 Å². The average Bonchev–Trinajstić information content (AvgIpc) is 3.58. The van der Waals surface area contributed by atoms with Crippen molar-refractivity contribution in [1.29, 1.82) is 0 Å². The first-order chi connectivity index (χ1) is 15.5. The van der Waals surface area contributed by atoms with Gasteiger partial charge in [-0.1, -0.05) is 60.7 Å². The van der Waals surface area contributed by atoms with Crippen molar-refractivity contribution in [3.8, 4) is 0 Å². The molecule has 0 N–H and O–H groups in total. The summed E-state index contributed by atoms with van der Waals surface area (Å²) in [7, 11) is -3.73. The average molecular weight is 447 g/mol. The molecule has 164 valence electrons. The Balaban J connectivity index is 1.46. The molecular formula is C26H26N2O3S. The van der Waals surface area contributed by atoms with Crippen molar-refractivity contribution in [2.24, 2.45) is 5.92 Å². The van der Waals surface area contributed by atoms with Crippen LogP contribution >= 0.6 is 0 Å². The van der Waals surface area contributed by atoms with Gasteiger partial charge in [-0.3, -0.25) is 4.79 Å². The Bertz CT molecular complexity index is 1180. The van der Waals surface area contributed by atoms with Gasteiger partial charge in [0.2, 0.25) is 15.9 Å². The van der Waals surface area contributed by atoms with E-state index in [-0.39, 0.29) is 16.7 Å². The predicted molar refractivity (Wildman–Crippen MR) is 125 cm³/mol. The number of anilines is 1. The molecule has 0 radical (unpaired) electrons. The molecule has 6 heteroatoms. The fraction of sp³-hybridized carbons (Fsp3) is 0.269. The highest BCUT2D eigenvalue weighted by atomic mass is 32.2. The zero-order valence-electron chi connectivity index (χ0n) is 17.9. The van der Waals surface area contributed by atoms with Crippen LogP contribution in [0.2, 0.25) is 0 Å². The molecule has 0 spiro atoms. The van der Waals surface area contributed by atoms with E-state index in [0.717, 1.165) is 35.2 Å². The van der Waals surface area contributed by atoms with Gasteiger partial charge in [0.15, 0.2) is 0 Å². The third-order valence-corrected chi connectivity index (χ3v) is 7.97. The van der Waals surface area contributed by atoms with Crippen molar-refractivity contribution in [2.45, 2.75) is 37.2 Å². The molecule has 5 rings (SSSR count). The van der Waals surface area contributed by atoms with Crippen LogP contribution in [0, 0.1) is 5.92 Å². The minimum Gasteiger partial charge on any atom is -0.312 e. The maximum atomic E-state index is 13.7. The van der Waals surface area contributed by atoms with Gasteiger partial charge in [0, 0.05) is 31.2 Å². The van der Waals surface area contributed by atoms with Crippen LogP contribution in [-0.4, -0.2) is 25.2 Å². The molecule has 32 heavy (non-hydrogen) atoms. The summed E-state index contributed by atoms with van der Waals surface area (Å²) in [5.41, 5.74) is 3.67. The Morgan fingerprint density at radius 1 is 0.875 bits per heavy atom. The van der Waals surface area contributed by atoms with Gasteiger partial charge in [0.25, 0.3) is 0 Å². The second kappa shape index (κ2) is 8.52. The fourth-order valence-corrected chi connectivity index (χ4v) is 5.73. The smallest absolute Gasteiger partial charge is 0.243 e. The van der Waals surface area contributed by atoms with Crippen molar-refractivity contribution >= 4 is 21.6 Å². The summed E-state index contributed by atoms with van der Waals surface area (Å²) in [5.74, 6) is 0.325. The number of benzene rings is 3. The standard InChI is InChI=1S/C26H26N2O3S/c29-26(22-11-12-22)28-16-15-23-17-24(13-14-25(23)28)32(30,31)27(18-20-7-3-1-4-8-20)19-21-9-5-2-6-10-21/h1-10,13-14,17,22H,11-12,15-16,18-19H2. The zero-order chi connectivity index (χ0) is 22.1. The van der Waals surface area contributed by atoms with Crippen molar-refractivity contribution in [2.75, 3.05) is 11.4 Å². The van der Waals surface area contributed by atoms with Crippen LogP contribution in [0.4, 0.5) is 5.69 Å². The summed E-state index contributed by atoms with van der Waals surface area (Å²) in [6.45, 7) is 1.22. The van der Waals surface area contributed by atoms with E-state index in [1.807, 2.05) is 65.6 Å². The lowest BCUT2D eigenvalue weighted by molar-refractivity contribution is -0.119. The Hall–Kier alpha value is -2.96. The first-order valence-electron chi connectivity index (χ1n) is 11.0. The summed E-state index contributed by atoms with van der Waals surface area (Å²) in [5, 5.41) is 0. The molecule has 0 bridgehead atoms. The summed E-state index contributed by atoms with van der Waals surface area (Å²) >= 11 is 0. The second-order valence-electron chi connectivity index (χ2n) is 8.55. The van der Waals surface area contributed by atoms with Crippen molar-refractivity contribution in [3.63, 3.8) is 0 Å². The largest absolute Gasteiger partial charge is 0.312 e. The number of amides is 1. The first kappa shape index (κ1) is 20.9. The molecule has 0 unspecified atom stereocenters. The Labute approximate surface area is 189 Å². The molecule has 1 aliphatic heterocycles. The highest BCUT2D eigenvalue weighted by Crippen LogP contribution is 2.37. The lowest BCUT2D eigenvalue weighted by Gasteiger charge is -2.23. The third kappa shape index (κ3) is 4.20. The SMILES string of the molecule is O=C(C1CC1)N1CCc2cc(S(=O)(=O)N(Cc3ccccc3)Cc3ccccc3)ccc21. The zero-order valence-corrected chi connectivity index (χ0v) is 18.7. The molecule has 3 aromatic carbocycles. The van der Waals surface area contributed by atoms with E-state index in [1.54, 1.807) is 18.2 Å². The van der Waals surface area contributed by atoms with E-state index in [4.69, 9.17) is 0 Å². The van der Waals surface area contributed by atoms with Crippen LogP contribution in [0.5, 0.6) is 0 Å². The van der Waals surface area contributed by atoms with E-state index in [9.17, 15) is 13.2 Å². The molecule has 1 saturated carbocycles. The molecule has 5 nitrogen and oxygen atoms in total. The van der Waals surface area contributed by atoms with Crippen LogP contribution in [0.15, 0.2) is 83.8 Å². The molecule has 1 fully saturated rings. The Morgan fingerprint density at radius 2 is 1.47 bits per heavy atom. The van der Waals surface area contributed by atoms with Gasteiger partial charge >= 0.3 is 0 Å². The Morgan fingerprint density at radius 3 is 2.03 bits per heavy atom. The van der Waals surface area contributed by atoms with Crippen molar-refractivity contribution in [3.05, 3.63) is 95.6 Å². The van der Waals surface area contributed by atoms with Gasteiger partial charge in [-0.2, -0.15) is 4.31 Å². The monoisotopic (exact) mass is 446 g/mol. The normalized spacial score (nSPS) is 15.7. The molecule has 1 heterocycles. The first-order valence-corrected chi connectivity index (χ1v) is 12.5. The number of sulfonamides is 1. The molecular weight excluding hydrogens is 420 g/mol. The number of hydrogen-bond acceptors (Lipinski definition) is 3. The van der Waals surface area contributed by atoms with Crippen molar-refractivity contribution in [1.82, 2.24) is 4.31 Å². The van der Waals surface area contributed by atoms with Crippen LogP contribution in [-0.2, 0) is 34.3 Å². The number of carbonyl (C=O) groups is 1. The van der Waals surface area contributed by atoms with Gasteiger partial charge in [-0.05, 0) is 54.2 Å². The molecule has 3 aromatic rings. The van der Waals surface area contributed by atoms with E-state index in [0.29, 0.717) is 26.1 Å². The molecule has 1 aliphatic carbocycles. The molecule has 0 aromatic heterocycles. The topological polar surface area (TPSA) is 57.7 Å². The van der Waals surface area contributed by atoms with Gasteiger partial charge < -0.3 is 4.90 Å². The summed E-state index contributed by atoms with van der Waals surface area (Å²) in [6.07, 6.45) is 2.62. The fourth-order valence-electron chi connectivity index (χ4n) is 4.27. The van der Waals surface area contributed by atoms with Crippen LogP contribution in [0.1, 0.15) is 29.5 Å². The minimum absolute atomic E-state index is 0.150. The maximum absolute atomic E-state index is 13.7. The number of rotatable bonds is 7. The molecule has 0 atom stereocenters. The second-order valence-corrected chi connectivity index (χ2v) is 10.5. The maximum Gasteiger partial charge on any atom is 0.243 e. The van der Waals surface area contributed by atoms with E-state index < -0.39 is 10.0 Å². The number of carbonyl (C=O) groups excluding carboxylic acids is 1. The summed E-state index contributed by atoms with van der Waals surface area (Å²) in [4.78, 5) is 14.7. The predicted octanol–water partition coefficient (Wildman–Crippen LogP) is 4.38. The van der Waals surface area contributed by atoms with E-state index in [1.165, 1.54) is 4.31 Å². The van der Waals surface area contributed by atoms with Crippen molar-refractivity contribution < 1.29 is 13.2 Å². The lowest BCUT2D eigenvalue weighted by atomic mass is 10.2. The number of fused-ring (bicyclic) bond motifs is 1. The quantitative estimate of drug-likeness (QED) is 0.541. The highest BCUT2D eigenvalue weighted by molar-refractivity contribution is 7.89. The van der Waals surface area contributed by atoms with Gasteiger partial charge in [0.1, 0.15) is 0 Å². The highest BCUT2D eigenvalue weighted by Gasteiger charge is 2.37. The Kier molecular flexibility index (Phi) is 5.57. The third-order valence-electron chi connectivity index (χ3n) is 6.18. The lowest BCUT2D eigenvalue weighted by Crippen LogP contribution is -2.31. The number of nitrogens with zero attached hydrogens (tertiary/aromatic N) is 2. The molecule has 0 saturated heterocycles. The van der Waals surface area contributed by atoms with Gasteiger partial charge in [-0.25, -0.2) is 8.42 Å². The van der Waals surface area contributed by atoms with Gasteiger partial charge in [0.05, 0.1) is 4.90 Å². The van der Waals surface area contributed by atoms with Crippen LogP contribution in [0.3, 0.4) is 0 Å². The van der Waals surface area contributed by atoms with E-state index >= 15 is 0 Å².